The zero-order valence-electron chi connectivity index (χ0n) is 29.4. The highest BCUT2D eigenvalue weighted by Gasteiger charge is 2.21. The topological polar surface area (TPSA) is 3.24 Å². The second-order valence-electron chi connectivity index (χ2n) is 14.1. The summed E-state index contributed by atoms with van der Waals surface area (Å²) in [5.74, 6) is 0. The molecule has 0 bridgehead atoms. The fourth-order valence-electron chi connectivity index (χ4n) is 8.43. The number of anilines is 3. The lowest BCUT2D eigenvalue weighted by Crippen LogP contribution is -2.11. The highest BCUT2D eigenvalue weighted by molar-refractivity contribution is 7.27. The summed E-state index contributed by atoms with van der Waals surface area (Å²) in [4.78, 5) is 2.46. The lowest BCUT2D eigenvalue weighted by molar-refractivity contribution is 1.30. The van der Waals surface area contributed by atoms with Crippen LogP contribution in [-0.2, 0) is 0 Å². The third-order valence-corrected chi connectivity index (χ3v) is 12.3. The Kier molecular flexibility index (Phi) is 7.11. The van der Waals surface area contributed by atoms with Crippen molar-refractivity contribution < 1.29 is 0 Å². The van der Waals surface area contributed by atoms with Crippen LogP contribution in [0, 0.1) is 0 Å². The van der Waals surface area contributed by atoms with E-state index in [4.69, 9.17) is 0 Å². The van der Waals surface area contributed by atoms with Gasteiger partial charge >= 0.3 is 0 Å². The molecule has 1 nitrogen and oxygen atoms in total. The molecule has 0 aliphatic heterocycles. The van der Waals surface area contributed by atoms with E-state index < -0.39 is 0 Å². The highest BCUT2D eigenvalue weighted by Crippen LogP contribution is 2.48. The second kappa shape index (κ2) is 12.4. The van der Waals surface area contributed by atoms with E-state index >= 15 is 0 Å². The van der Waals surface area contributed by atoms with E-state index in [9.17, 15) is 0 Å². The largest absolute Gasteiger partial charge is 0.308 e. The van der Waals surface area contributed by atoms with Crippen molar-refractivity contribution in [3.63, 3.8) is 0 Å². The molecule has 0 spiro atoms. The molecule has 0 N–H and O–H groups in total. The molecule has 0 radical (unpaired) electrons. The van der Waals surface area contributed by atoms with Crippen molar-refractivity contribution in [3.05, 3.63) is 200 Å². The van der Waals surface area contributed by atoms with E-state index in [0.717, 1.165) is 11.4 Å². The Labute approximate surface area is 317 Å². The third kappa shape index (κ3) is 4.92. The van der Waals surface area contributed by atoms with Crippen LogP contribution in [0.5, 0.6) is 0 Å². The number of nitrogens with zero attached hydrogens (tertiary/aromatic N) is 1. The van der Waals surface area contributed by atoms with Crippen LogP contribution in [0.2, 0.25) is 0 Å². The van der Waals surface area contributed by atoms with Crippen LogP contribution in [0.1, 0.15) is 0 Å². The normalized spacial score (nSPS) is 11.7. The van der Waals surface area contributed by atoms with Gasteiger partial charge in [-0.05, 0) is 90.1 Å². The minimum atomic E-state index is 1.12. The first-order valence-corrected chi connectivity index (χ1v) is 19.3. The Morgan fingerprint density at radius 3 is 1.72 bits per heavy atom. The highest BCUT2D eigenvalue weighted by atomic mass is 32.1. The fourth-order valence-corrected chi connectivity index (χ4v) is 9.77. The number of thiophene rings is 1. The molecule has 0 atom stereocenters. The summed E-state index contributed by atoms with van der Waals surface area (Å²) in [5.41, 5.74) is 8.24. The van der Waals surface area contributed by atoms with Gasteiger partial charge in [0, 0.05) is 26.7 Å². The lowest BCUT2D eigenvalue weighted by atomic mass is 9.94. The van der Waals surface area contributed by atoms with Crippen LogP contribution in [0.25, 0.3) is 85.5 Å². The van der Waals surface area contributed by atoms with Gasteiger partial charge in [-0.3, -0.25) is 0 Å². The van der Waals surface area contributed by atoms with Gasteiger partial charge in [0.1, 0.15) is 0 Å². The summed E-state index contributed by atoms with van der Waals surface area (Å²) < 4.78 is 2.61. The van der Waals surface area contributed by atoms with E-state index in [1.807, 2.05) is 11.3 Å². The van der Waals surface area contributed by atoms with Crippen molar-refractivity contribution in [2.75, 3.05) is 4.90 Å². The molecule has 11 aromatic rings. The molecule has 0 aliphatic rings. The van der Waals surface area contributed by atoms with Gasteiger partial charge in [0.05, 0.1) is 16.1 Å². The number of hydrogen-bond donors (Lipinski definition) is 0. The van der Waals surface area contributed by atoms with Crippen LogP contribution in [0.3, 0.4) is 0 Å². The minimum absolute atomic E-state index is 1.12. The van der Waals surface area contributed by atoms with E-state index in [1.165, 1.54) is 91.2 Å². The summed E-state index contributed by atoms with van der Waals surface area (Å²) in [5, 5.41) is 12.9. The summed E-state index contributed by atoms with van der Waals surface area (Å²) in [6, 6.07) is 73.4. The number of hydrogen-bond acceptors (Lipinski definition) is 2. The first-order chi connectivity index (χ1) is 26.8. The maximum absolute atomic E-state index is 2.46. The molecule has 1 aromatic heterocycles. The smallest absolute Gasteiger partial charge is 0.0640 e. The minimum Gasteiger partial charge on any atom is -0.308 e. The number of rotatable bonds is 5. The van der Waals surface area contributed by atoms with Gasteiger partial charge in [0.15, 0.2) is 0 Å². The quantitative estimate of drug-likeness (QED) is 0.161. The third-order valence-electron chi connectivity index (χ3n) is 11.0. The molecule has 252 valence electrons. The van der Waals surface area contributed by atoms with Crippen molar-refractivity contribution in [1.82, 2.24) is 0 Å². The Morgan fingerprint density at radius 1 is 0.315 bits per heavy atom. The second-order valence-corrected chi connectivity index (χ2v) is 15.1. The van der Waals surface area contributed by atoms with Crippen molar-refractivity contribution >= 4 is 91.7 Å². The molecule has 0 aliphatic carbocycles. The van der Waals surface area contributed by atoms with Crippen LogP contribution in [0.4, 0.5) is 17.1 Å². The van der Waals surface area contributed by atoms with Crippen molar-refractivity contribution in [2.24, 2.45) is 0 Å². The molecule has 0 unspecified atom stereocenters. The first kappa shape index (κ1) is 30.8. The molecule has 0 saturated carbocycles. The van der Waals surface area contributed by atoms with Gasteiger partial charge < -0.3 is 4.90 Å². The zero-order valence-corrected chi connectivity index (χ0v) is 30.2. The first-order valence-electron chi connectivity index (χ1n) is 18.5. The van der Waals surface area contributed by atoms with Gasteiger partial charge in [-0.15, -0.1) is 11.3 Å². The summed E-state index contributed by atoms with van der Waals surface area (Å²) >= 11 is 1.90. The number of benzene rings is 10. The Bertz CT molecular complexity index is 3210. The van der Waals surface area contributed by atoms with Crippen LogP contribution >= 0.6 is 11.3 Å². The predicted octanol–water partition coefficient (Wildman–Crippen LogP) is 15.5. The standard InChI is InChI=1S/C52H33NS/c1-2-11-35(12-3-1)42-15-8-9-19-48(42)53(49-20-10-18-45-46-32-29-37-14-5-7-17-44(37)51(46)54-52(45)49)41-30-27-34(28-31-41)40-26-23-38-22-25-39-24-21-36-13-4-6-16-43(36)50(39)47(38)33-40/h1-33H. The maximum Gasteiger partial charge on any atom is 0.0640 e. The van der Waals surface area contributed by atoms with Crippen LogP contribution in [-0.4, -0.2) is 0 Å². The molecule has 2 heteroatoms. The Hall–Kier alpha value is -6.74. The van der Waals surface area contributed by atoms with Crippen molar-refractivity contribution in [2.45, 2.75) is 0 Å². The average molecular weight is 704 g/mol. The predicted molar refractivity (Wildman–Crippen MR) is 235 cm³/mol. The molecule has 0 amide bonds. The summed E-state index contributed by atoms with van der Waals surface area (Å²) in [7, 11) is 0. The Balaban J connectivity index is 1.11. The molecule has 1 heterocycles. The van der Waals surface area contributed by atoms with Gasteiger partial charge in [0.25, 0.3) is 0 Å². The summed E-state index contributed by atoms with van der Waals surface area (Å²) in [6.07, 6.45) is 0. The Morgan fingerprint density at radius 2 is 0.889 bits per heavy atom. The molecule has 11 rings (SSSR count). The molecule has 54 heavy (non-hydrogen) atoms. The van der Waals surface area contributed by atoms with E-state index in [1.54, 1.807) is 0 Å². The van der Waals surface area contributed by atoms with Crippen molar-refractivity contribution in [1.29, 1.82) is 0 Å². The molecule has 10 aromatic carbocycles. The average Bonchev–Trinajstić information content (AvgIpc) is 3.64. The molecular weight excluding hydrogens is 671 g/mol. The zero-order chi connectivity index (χ0) is 35.6. The van der Waals surface area contributed by atoms with Gasteiger partial charge in [-0.1, -0.05) is 170 Å². The van der Waals surface area contributed by atoms with Crippen LogP contribution in [0.15, 0.2) is 200 Å². The van der Waals surface area contributed by atoms with Crippen molar-refractivity contribution in [3.8, 4) is 22.3 Å². The number of fused-ring (bicyclic) bond motifs is 10. The lowest BCUT2D eigenvalue weighted by Gasteiger charge is -2.28. The fraction of sp³-hybridized carbons (Fsp3) is 0. The number of para-hydroxylation sites is 1. The van der Waals surface area contributed by atoms with Crippen LogP contribution < -0.4 is 4.90 Å². The molecule has 0 saturated heterocycles. The van der Waals surface area contributed by atoms with Gasteiger partial charge in [-0.2, -0.15) is 0 Å². The van der Waals surface area contributed by atoms with E-state index in [-0.39, 0.29) is 0 Å². The van der Waals surface area contributed by atoms with E-state index in [0.29, 0.717) is 0 Å². The van der Waals surface area contributed by atoms with Gasteiger partial charge in [-0.25, -0.2) is 0 Å². The molecular formula is C52H33NS. The van der Waals surface area contributed by atoms with Gasteiger partial charge in [0.2, 0.25) is 0 Å². The maximum atomic E-state index is 2.46. The molecule has 0 fully saturated rings. The van der Waals surface area contributed by atoms with E-state index in [2.05, 4.69) is 205 Å². The SMILES string of the molecule is c1ccc(-c2ccccc2N(c2ccc(-c3ccc4ccc5ccc6ccccc6c5c4c3)cc2)c2cccc3c2sc2c4ccccc4ccc32)cc1. The monoisotopic (exact) mass is 703 g/mol. The summed E-state index contributed by atoms with van der Waals surface area (Å²) in [6.45, 7) is 0.